The smallest absolute Gasteiger partial charge is 0.362 e. The fourth-order valence-corrected chi connectivity index (χ4v) is 6.51. The van der Waals surface area contributed by atoms with Crippen molar-refractivity contribution in [2.45, 2.75) is 175 Å². The number of hydrogen-bond acceptors (Lipinski definition) is 10. The van der Waals surface area contributed by atoms with Crippen LogP contribution < -0.4 is 0 Å². The average molecular weight is 827 g/mol. The third kappa shape index (κ3) is 38.5. The molecule has 0 aromatic rings. The fourth-order valence-electron chi connectivity index (χ4n) is 6.51. The van der Waals surface area contributed by atoms with Crippen molar-refractivity contribution >= 4 is 29.8 Å². The second-order valence-corrected chi connectivity index (χ2v) is 17.3. The van der Waals surface area contributed by atoms with Crippen LogP contribution in [-0.4, -0.2) is 126 Å². The van der Waals surface area contributed by atoms with Gasteiger partial charge < -0.3 is 32.7 Å². The van der Waals surface area contributed by atoms with Gasteiger partial charge in [-0.1, -0.05) is 109 Å². The predicted molar refractivity (Wildman–Crippen MR) is 230 cm³/mol. The molecule has 58 heavy (non-hydrogen) atoms. The molecule has 0 N–H and O–H groups in total. The molecule has 0 aliphatic heterocycles. The van der Waals surface area contributed by atoms with E-state index >= 15 is 0 Å². The molecule has 0 saturated heterocycles. The summed E-state index contributed by atoms with van der Waals surface area (Å²) in [5.74, 6) is -1.12. The quantitative estimate of drug-likeness (QED) is 0.0195. The number of quaternary nitrogens is 2. The van der Waals surface area contributed by atoms with Crippen molar-refractivity contribution in [2.75, 3.05) is 80.8 Å². The van der Waals surface area contributed by atoms with Gasteiger partial charge in [0.05, 0.1) is 41.4 Å². The molecule has 0 bridgehead atoms. The van der Waals surface area contributed by atoms with E-state index in [0.717, 1.165) is 96.3 Å². The minimum absolute atomic E-state index is 0.0774. The van der Waals surface area contributed by atoms with E-state index in [1.54, 1.807) is 0 Å². The molecule has 0 rings (SSSR count). The van der Waals surface area contributed by atoms with Crippen LogP contribution in [0.5, 0.6) is 0 Å². The van der Waals surface area contributed by atoms with E-state index in [4.69, 9.17) is 23.7 Å². The Morgan fingerprint density at radius 1 is 0.483 bits per heavy atom. The van der Waals surface area contributed by atoms with Gasteiger partial charge in [0.1, 0.15) is 32.4 Å². The number of hydrogen-bond donors (Lipinski definition) is 0. The molecule has 1 atom stereocenters. The minimum Gasteiger partial charge on any atom is -0.466 e. The first kappa shape index (κ1) is 55.0. The van der Waals surface area contributed by atoms with Crippen molar-refractivity contribution in [2.24, 2.45) is 0 Å². The van der Waals surface area contributed by atoms with Crippen LogP contribution in [0.15, 0.2) is 12.2 Å². The van der Waals surface area contributed by atoms with Gasteiger partial charge in [0.15, 0.2) is 13.1 Å². The summed E-state index contributed by atoms with van der Waals surface area (Å²) >= 11 is 0. The highest BCUT2D eigenvalue weighted by Crippen LogP contribution is 2.15. The Labute approximate surface area is 353 Å². The summed E-state index contributed by atoms with van der Waals surface area (Å²) in [6.45, 7) is 8.15. The molecule has 0 fully saturated rings. The summed E-state index contributed by atoms with van der Waals surface area (Å²) in [5.41, 5.74) is 0. The summed E-state index contributed by atoms with van der Waals surface area (Å²) < 4.78 is 27.6. The first-order chi connectivity index (χ1) is 27.7. The van der Waals surface area contributed by atoms with Crippen molar-refractivity contribution < 1.29 is 56.6 Å². The maximum absolute atomic E-state index is 12.8. The number of allylic oxidation sites excluding steroid dienone is 1. The van der Waals surface area contributed by atoms with E-state index in [1.807, 2.05) is 28.2 Å². The van der Waals surface area contributed by atoms with E-state index < -0.39 is 0 Å². The highest BCUT2D eigenvalue weighted by atomic mass is 16.6. The predicted octanol–water partition coefficient (Wildman–Crippen LogP) is 8.81. The van der Waals surface area contributed by atoms with Gasteiger partial charge in [0.2, 0.25) is 0 Å². The van der Waals surface area contributed by atoms with Gasteiger partial charge in [-0.05, 0) is 44.9 Å². The Morgan fingerprint density at radius 2 is 0.931 bits per heavy atom. The molecule has 12 nitrogen and oxygen atoms in total. The highest BCUT2D eigenvalue weighted by Gasteiger charge is 2.24. The van der Waals surface area contributed by atoms with E-state index in [2.05, 4.69) is 19.1 Å². The topological polar surface area (TPSA) is 132 Å². The summed E-state index contributed by atoms with van der Waals surface area (Å²) in [6, 6.07) is 0. The van der Waals surface area contributed by atoms with Crippen LogP contribution >= 0.6 is 0 Å². The molecule has 0 aliphatic rings. The van der Waals surface area contributed by atoms with Gasteiger partial charge in [-0.15, -0.1) is 0 Å². The average Bonchev–Trinajstić information content (AvgIpc) is 3.13. The van der Waals surface area contributed by atoms with Gasteiger partial charge in [-0.25, -0.2) is 9.59 Å². The SMILES string of the molecule is CCCCCC[C@H](C/C=C\CCCCCCCC(=O)OCCCCCCCCCCCCOC(=O)C[N+](C)(C)CCOC(C)=O)OC(=O)C[N+](C)(C)CCOC(C)=O. The maximum Gasteiger partial charge on any atom is 0.362 e. The molecule has 338 valence electrons. The highest BCUT2D eigenvalue weighted by molar-refractivity contribution is 5.71. The van der Waals surface area contributed by atoms with Gasteiger partial charge in [-0.2, -0.15) is 0 Å². The third-order valence-corrected chi connectivity index (χ3v) is 10.2. The number of carbonyl (C=O) groups is 5. The second-order valence-electron chi connectivity index (χ2n) is 17.3. The maximum atomic E-state index is 12.8. The fraction of sp³-hybridized carbons (Fsp3) is 0.848. The van der Waals surface area contributed by atoms with Crippen LogP contribution in [0.1, 0.15) is 168 Å². The van der Waals surface area contributed by atoms with Crippen LogP contribution in [-0.2, 0) is 47.7 Å². The van der Waals surface area contributed by atoms with Gasteiger partial charge in [0, 0.05) is 26.7 Å². The van der Waals surface area contributed by atoms with Crippen molar-refractivity contribution in [3.63, 3.8) is 0 Å². The molecule has 0 heterocycles. The Morgan fingerprint density at radius 3 is 1.45 bits per heavy atom. The largest absolute Gasteiger partial charge is 0.466 e. The van der Waals surface area contributed by atoms with E-state index in [1.165, 1.54) is 58.8 Å². The zero-order chi connectivity index (χ0) is 43.3. The van der Waals surface area contributed by atoms with Crippen LogP contribution in [0.3, 0.4) is 0 Å². The van der Waals surface area contributed by atoms with Crippen LogP contribution in [0.25, 0.3) is 0 Å². The number of ether oxygens (including phenoxy) is 5. The molecule has 0 unspecified atom stereocenters. The lowest BCUT2D eigenvalue weighted by Crippen LogP contribution is -2.47. The van der Waals surface area contributed by atoms with Crippen LogP contribution in [0, 0.1) is 0 Å². The van der Waals surface area contributed by atoms with Gasteiger partial charge in [0.25, 0.3) is 0 Å². The number of nitrogens with zero attached hydrogens (tertiary/aromatic N) is 2. The molecular weight excluding hydrogens is 741 g/mol. The number of esters is 5. The molecule has 12 heteroatoms. The van der Waals surface area contributed by atoms with E-state index in [0.29, 0.717) is 48.3 Å². The van der Waals surface area contributed by atoms with Crippen LogP contribution in [0.4, 0.5) is 0 Å². The van der Waals surface area contributed by atoms with Crippen LogP contribution in [0.2, 0.25) is 0 Å². The number of unbranched alkanes of at least 4 members (excludes halogenated alkanes) is 17. The molecule has 0 saturated carbocycles. The minimum atomic E-state index is -0.312. The number of likely N-dealkylation sites (N-methyl/N-ethyl adjacent to an activating group) is 2. The number of carbonyl (C=O) groups excluding carboxylic acids is 5. The molecular formula is C46H86N2O10+2. The first-order valence-electron chi connectivity index (χ1n) is 22.7. The first-order valence-corrected chi connectivity index (χ1v) is 22.7. The van der Waals surface area contributed by atoms with E-state index in [9.17, 15) is 24.0 Å². The van der Waals surface area contributed by atoms with Gasteiger partial charge >= 0.3 is 29.8 Å². The number of rotatable bonds is 39. The zero-order valence-corrected chi connectivity index (χ0v) is 38.1. The Hall–Kier alpha value is -2.99. The molecule has 0 amide bonds. The van der Waals surface area contributed by atoms with Crippen molar-refractivity contribution in [1.29, 1.82) is 0 Å². The lowest BCUT2D eigenvalue weighted by atomic mass is 10.1. The van der Waals surface area contributed by atoms with Gasteiger partial charge in [-0.3, -0.25) is 14.4 Å². The van der Waals surface area contributed by atoms with Crippen molar-refractivity contribution in [1.82, 2.24) is 0 Å². The van der Waals surface area contributed by atoms with Crippen molar-refractivity contribution in [3.05, 3.63) is 12.2 Å². The molecule has 0 aromatic heterocycles. The van der Waals surface area contributed by atoms with Crippen molar-refractivity contribution in [3.8, 4) is 0 Å². The lowest BCUT2D eigenvalue weighted by Gasteiger charge is -2.29. The second kappa shape index (κ2) is 35.9. The Kier molecular flexibility index (Phi) is 34.1. The Bertz CT molecular complexity index is 1120. The normalized spacial score (nSPS) is 12.3. The molecule has 0 aliphatic carbocycles. The summed E-state index contributed by atoms with van der Waals surface area (Å²) in [7, 11) is 7.73. The Balaban J connectivity index is 3.82. The molecule has 0 spiro atoms. The summed E-state index contributed by atoms with van der Waals surface area (Å²) in [5, 5.41) is 0. The zero-order valence-electron chi connectivity index (χ0n) is 38.1. The standard InChI is InChI=1S/C46H86N2O10/c1-8-9-10-25-30-43(58-46(53)40-48(6,7)34-38-55-42(3)50)31-26-21-17-13-14-18-22-27-32-44(51)56-35-28-23-19-15-11-12-16-20-24-29-36-57-45(52)39-47(4,5)33-37-54-41(2)49/h21,26,43H,8-20,22-25,27-40H2,1-7H3/q+2/b26-21-/t43-/m1/s1. The monoisotopic (exact) mass is 827 g/mol. The molecule has 0 radical (unpaired) electrons. The van der Waals surface area contributed by atoms with E-state index in [-0.39, 0.29) is 55.6 Å². The lowest BCUT2D eigenvalue weighted by molar-refractivity contribution is -0.883. The third-order valence-electron chi connectivity index (χ3n) is 10.2. The molecule has 0 aromatic carbocycles. The summed E-state index contributed by atoms with van der Waals surface area (Å²) in [6.07, 6.45) is 28.3. The summed E-state index contributed by atoms with van der Waals surface area (Å²) in [4.78, 5) is 59.0.